The molecule has 5 nitrogen and oxygen atoms in total. The summed E-state index contributed by atoms with van der Waals surface area (Å²) in [4.78, 5) is 11.2. The van der Waals surface area contributed by atoms with Crippen LogP contribution >= 0.6 is 11.3 Å². The quantitative estimate of drug-likeness (QED) is 0.895. The number of β-amino-alcohol motifs (C(OH)–C–C–N with tert-alkyl or cyclic N) is 1. The van der Waals surface area contributed by atoms with Crippen LogP contribution in [-0.4, -0.2) is 39.7 Å². The van der Waals surface area contributed by atoms with E-state index in [0.29, 0.717) is 17.7 Å². The van der Waals surface area contributed by atoms with Crippen LogP contribution in [0.3, 0.4) is 0 Å². The highest BCUT2D eigenvalue weighted by atomic mass is 32.1. The van der Waals surface area contributed by atoms with E-state index in [1.54, 1.807) is 0 Å². The molecular formula is C13H18N4OS. The van der Waals surface area contributed by atoms with Crippen molar-refractivity contribution in [2.75, 3.05) is 25.4 Å². The first-order chi connectivity index (χ1) is 9.28. The summed E-state index contributed by atoms with van der Waals surface area (Å²) in [5.74, 6) is 0. The van der Waals surface area contributed by atoms with E-state index >= 15 is 0 Å². The monoisotopic (exact) mass is 278 g/mol. The van der Waals surface area contributed by atoms with Crippen molar-refractivity contribution in [2.24, 2.45) is 0 Å². The molecule has 2 aromatic rings. The van der Waals surface area contributed by atoms with E-state index in [4.69, 9.17) is 10.8 Å². The van der Waals surface area contributed by atoms with Gasteiger partial charge in [-0.2, -0.15) is 0 Å². The van der Waals surface area contributed by atoms with Gasteiger partial charge in [0.15, 0.2) is 10.8 Å². The van der Waals surface area contributed by atoms with E-state index in [1.165, 1.54) is 24.2 Å². The predicted octanol–water partition coefficient (Wildman–Crippen LogP) is 1.79. The van der Waals surface area contributed by atoms with Gasteiger partial charge >= 0.3 is 0 Å². The lowest BCUT2D eigenvalue weighted by Crippen LogP contribution is -2.35. The second kappa shape index (κ2) is 5.40. The molecule has 0 radical (unpaired) electrons. The number of nitrogen functional groups attached to an aromatic ring is 1. The van der Waals surface area contributed by atoms with Crippen molar-refractivity contribution >= 4 is 26.8 Å². The van der Waals surface area contributed by atoms with Gasteiger partial charge in [-0.05, 0) is 31.5 Å². The van der Waals surface area contributed by atoms with Crippen LogP contribution in [-0.2, 0) is 0 Å². The summed E-state index contributed by atoms with van der Waals surface area (Å²) < 4.78 is 1.03. The number of aliphatic hydroxyl groups is 1. The van der Waals surface area contributed by atoms with Crippen LogP contribution in [0.4, 0.5) is 5.13 Å². The molecule has 0 amide bonds. The molecule has 2 aromatic heterocycles. The first-order valence-corrected chi connectivity index (χ1v) is 7.47. The molecule has 19 heavy (non-hydrogen) atoms. The fourth-order valence-electron chi connectivity index (χ4n) is 2.76. The summed E-state index contributed by atoms with van der Waals surface area (Å²) in [6.07, 6.45) is 3.51. The minimum atomic E-state index is 0.197. The number of fused-ring (bicyclic) bond motifs is 1. The van der Waals surface area contributed by atoms with E-state index < -0.39 is 0 Å². The summed E-state index contributed by atoms with van der Waals surface area (Å²) in [7, 11) is 0. The molecule has 0 aromatic carbocycles. The number of hydrogen-bond acceptors (Lipinski definition) is 6. The van der Waals surface area contributed by atoms with Crippen molar-refractivity contribution in [2.45, 2.75) is 25.3 Å². The second-order valence-electron chi connectivity index (χ2n) is 4.88. The first-order valence-electron chi connectivity index (χ1n) is 6.66. The molecule has 1 aliphatic heterocycles. The molecule has 0 spiro atoms. The van der Waals surface area contributed by atoms with Crippen LogP contribution in [0.15, 0.2) is 12.1 Å². The van der Waals surface area contributed by atoms with E-state index in [2.05, 4.69) is 27.0 Å². The molecule has 1 aliphatic rings. The smallest absolute Gasteiger partial charge is 0.182 e. The minimum absolute atomic E-state index is 0.197. The zero-order chi connectivity index (χ0) is 13.2. The maximum atomic E-state index is 9.17. The lowest BCUT2D eigenvalue weighted by Gasteiger charge is -2.34. The van der Waals surface area contributed by atoms with E-state index in [-0.39, 0.29) is 6.61 Å². The number of hydrogen-bond donors (Lipinski definition) is 2. The molecule has 0 bridgehead atoms. The maximum Gasteiger partial charge on any atom is 0.182 e. The van der Waals surface area contributed by atoms with Crippen LogP contribution in [0, 0.1) is 0 Å². The van der Waals surface area contributed by atoms with Crippen molar-refractivity contribution in [3.63, 3.8) is 0 Å². The number of likely N-dealkylation sites (tertiary alicyclic amines) is 1. The molecule has 1 fully saturated rings. The number of rotatable bonds is 3. The Hall–Kier alpha value is -1.24. The first kappa shape index (κ1) is 12.8. The van der Waals surface area contributed by atoms with E-state index in [1.807, 2.05) is 0 Å². The predicted molar refractivity (Wildman–Crippen MR) is 77.1 cm³/mol. The Morgan fingerprint density at radius 2 is 2.26 bits per heavy atom. The van der Waals surface area contributed by atoms with Gasteiger partial charge in [-0.1, -0.05) is 17.8 Å². The van der Waals surface area contributed by atoms with Crippen LogP contribution in [0.1, 0.15) is 31.0 Å². The lowest BCUT2D eigenvalue weighted by molar-refractivity contribution is 0.115. The minimum Gasteiger partial charge on any atom is -0.395 e. The number of aliphatic hydroxyl groups excluding tert-OH is 1. The molecule has 102 valence electrons. The second-order valence-corrected chi connectivity index (χ2v) is 5.94. The third kappa shape index (κ3) is 2.56. The topological polar surface area (TPSA) is 75.3 Å². The average molecular weight is 278 g/mol. The van der Waals surface area contributed by atoms with Crippen molar-refractivity contribution < 1.29 is 5.11 Å². The van der Waals surface area contributed by atoms with Gasteiger partial charge in [-0.3, -0.25) is 4.90 Å². The molecule has 1 atom stereocenters. The number of aromatic nitrogens is 2. The highest BCUT2D eigenvalue weighted by Gasteiger charge is 2.24. The highest BCUT2D eigenvalue weighted by Crippen LogP contribution is 2.31. The van der Waals surface area contributed by atoms with Crippen LogP contribution in [0.2, 0.25) is 0 Å². The zero-order valence-corrected chi connectivity index (χ0v) is 11.6. The SMILES string of the molecule is Nc1nc2nc([C@H]3CCCCN3CCO)ccc2s1. The molecular weight excluding hydrogens is 260 g/mol. The average Bonchev–Trinajstić information content (AvgIpc) is 2.79. The molecule has 0 unspecified atom stereocenters. The summed E-state index contributed by atoms with van der Waals surface area (Å²) in [6.45, 7) is 1.94. The Labute approximate surface area is 116 Å². The van der Waals surface area contributed by atoms with Gasteiger partial charge in [0.25, 0.3) is 0 Å². The normalized spacial score (nSPS) is 21.0. The summed E-state index contributed by atoms with van der Waals surface area (Å²) >= 11 is 1.47. The van der Waals surface area contributed by atoms with Crippen LogP contribution < -0.4 is 5.73 Å². The van der Waals surface area contributed by atoms with E-state index in [9.17, 15) is 0 Å². The summed E-state index contributed by atoms with van der Waals surface area (Å²) in [6, 6.07) is 4.42. The Morgan fingerprint density at radius 1 is 1.37 bits per heavy atom. The van der Waals surface area contributed by atoms with Crippen molar-refractivity contribution in [3.8, 4) is 0 Å². The molecule has 1 saturated heterocycles. The Bertz CT molecular complexity index is 569. The van der Waals surface area contributed by atoms with Gasteiger partial charge in [-0.25, -0.2) is 9.97 Å². The molecule has 3 N–H and O–H groups in total. The Balaban J connectivity index is 1.92. The third-order valence-electron chi connectivity index (χ3n) is 3.63. The highest BCUT2D eigenvalue weighted by molar-refractivity contribution is 7.21. The van der Waals surface area contributed by atoms with Gasteiger partial charge < -0.3 is 10.8 Å². The molecule has 6 heteroatoms. The summed E-state index contributed by atoms with van der Waals surface area (Å²) in [5.41, 5.74) is 7.51. The number of thiazole rings is 1. The molecule has 0 saturated carbocycles. The fraction of sp³-hybridized carbons (Fsp3) is 0.538. The van der Waals surface area contributed by atoms with Crippen LogP contribution in [0.5, 0.6) is 0 Å². The number of piperidine rings is 1. The zero-order valence-electron chi connectivity index (χ0n) is 10.7. The van der Waals surface area contributed by atoms with Crippen molar-refractivity contribution in [1.82, 2.24) is 14.9 Å². The van der Waals surface area contributed by atoms with Gasteiger partial charge in [0.2, 0.25) is 0 Å². The number of nitrogens with zero attached hydrogens (tertiary/aromatic N) is 3. The van der Waals surface area contributed by atoms with Crippen molar-refractivity contribution in [3.05, 3.63) is 17.8 Å². The largest absolute Gasteiger partial charge is 0.395 e. The lowest BCUT2D eigenvalue weighted by atomic mass is 9.99. The number of pyridine rings is 1. The number of anilines is 1. The number of nitrogens with two attached hydrogens (primary N) is 1. The van der Waals surface area contributed by atoms with Crippen molar-refractivity contribution in [1.29, 1.82) is 0 Å². The Morgan fingerprint density at radius 3 is 3.11 bits per heavy atom. The molecule has 3 heterocycles. The van der Waals surface area contributed by atoms with Gasteiger partial charge in [0, 0.05) is 6.54 Å². The summed E-state index contributed by atoms with van der Waals surface area (Å²) in [5, 5.41) is 9.73. The standard InChI is InChI=1S/C13H18N4OS/c14-13-16-12-11(19-13)5-4-9(15-12)10-3-1-2-6-17(10)7-8-18/h4-5,10,18H,1-3,6-8H2,(H2,14,15,16)/t10-/m1/s1. The maximum absolute atomic E-state index is 9.17. The molecule has 3 rings (SSSR count). The molecule has 0 aliphatic carbocycles. The van der Waals surface area contributed by atoms with Gasteiger partial charge in [0.1, 0.15) is 0 Å². The van der Waals surface area contributed by atoms with Gasteiger partial charge in [0.05, 0.1) is 23.0 Å². The van der Waals surface area contributed by atoms with Crippen LogP contribution in [0.25, 0.3) is 10.3 Å². The van der Waals surface area contributed by atoms with Gasteiger partial charge in [-0.15, -0.1) is 0 Å². The Kier molecular flexibility index (Phi) is 3.63. The fourth-order valence-corrected chi connectivity index (χ4v) is 3.43. The third-order valence-corrected chi connectivity index (χ3v) is 4.47. The van der Waals surface area contributed by atoms with E-state index in [0.717, 1.165) is 29.0 Å².